The molecule has 1 aliphatic heterocycles. The predicted molar refractivity (Wildman–Crippen MR) is 120 cm³/mol. The van der Waals surface area contributed by atoms with Gasteiger partial charge in [0, 0.05) is 24.2 Å². The summed E-state index contributed by atoms with van der Waals surface area (Å²) in [6, 6.07) is 3.74. The number of benzene rings is 1. The lowest BCUT2D eigenvalue weighted by molar-refractivity contribution is -0.386. The zero-order chi connectivity index (χ0) is 28.0. The van der Waals surface area contributed by atoms with Crippen LogP contribution < -0.4 is 16.6 Å². The van der Waals surface area contributed by atoms with Crippen LogP contribution >= 0.6 is 0 Å². The van der Waals surface area contributed by atoms with Gasteiger partial charge in [0.25, 0.3) is 11.2 Å². The van der Waals surface area contributed by atoms with Crippen molar-refractivity contribution in [2.75, 3.05) is 13.2 Å². The van der Waals surface area contributed by atoms with Crippen molar-refractivity contribution in [3.63, 3.8) is 0 Å². The highest BCUT2D eigenvalue weighted by molar-refractivity contribution is 5.81. The number of aliphatic hydroxyl groups excluding tert-OH is 2. The fraction of sp³-hybridized carbons (Fsp3) is 0.409. The van der Waals surface area contributed by atoms with Crippen molar-refractivity contribution in [2.24, 2.45) is 0 Å². The number of carbonyl (C=O) groups excluding carboxylic acids is 1. The van der Waals surface area contributed by atoms with Gasteiger partial charge in [-0.15, -0.1) is 0 Å². The van der Waals surface area contributed by atoms with Gasteiger partial charge in [0.2, 0.25) is 0 Å². The Morgan fingerprint density at radius 1 is 1.32 bits per heavy atom. The van der Waals surface area contributed by atoms with Crippen LogP contribution in [-0.4, -0.2) is 62.1 Å². The first-order valence-electron chi connectivity index (χ1n) is 10.9. The third kappa shape index (κ3) is 7.04. The maximum absolute atomic E-state index is 12.2. The standard InChI is InChI=1S/C22H21F3N4O9/c23-22(24,25)20(33)26-5-1-2-12-3-4-13(15(6-12)29(35)36)10-37-11-14-8-28(21(34)27-19(14)32)18-7-16(31)17(9-30)38-18/h3-4,6,8,16-18,30-31H,5,7,9-11H2,(H,26,33)(H,27,32,34)/t16?,17-,18-/m1/s1. The molecule has 2 aromatic rings. The molecule has 204 valence electrons. The monoisotopic (exact) mass is 542 g/mol. The number of halogens is 3. The average Bonchev–Trinajstić information content (AvgIpc) is 3.23. The van der Waals surface area contributed by atoms with Gasteiger partial charge in [-0.2, -0.15) is 13.2 Å². The number of nitro benzene ring substituents is 1. The minimum absolute atomic E-state index is 0.00634. The Morgan fingerprint density at radius 3 is 2.66 bits per heavy atom. The van der Waals surface area contributed by atoms with Crippen molar-refractivity contribution < 1.29 is 42.6 Å². The number of aromatic amines is 1. The molecule has 0 bridgehead atoms. The highest BCUT2D eigenvalue weighted by atomic mass is 19.4. The number of aliphatic hydroxyl groups is 2. The topological polar surface area (TPSA) is 186 Å². The normalized spacial score (nSPS) is 19.0. The number of ether oxygens (including phenoxy) is 2. The lowest BCUT2D eigenvalue weighted by Gasteiger charge is -2.15. The van der Waals surface area contributed by atoms with Crippen molar-refractivity contribution in [3.05, 3.63) is 72.0 Å². The molecular weight excluding hydrogens is 521 g/mol. The quantitative estimate of drug-likeness (QED) is 0.200. The molecule has 1 aromatic heterocycles. The van der Waals surface area contributed by atoms with E-state index in [2.05, 4.69) is 16.8 Å². The van der Waals surface area contributed by atoms with Crippen LogP contribution in [0, 0.1) is 22.0 Å². The molecule has 3 atom stereocenters. The predicted octanol–water partition coefficient (Wildman–Crippen LogP) is -0.168. The third-order valence-corrected chi connectivity index (χ3v) is 5.36. The molecule has 38 heavy (non-hydrogen) atoms. The second kappa shape index (κ2) is 12.0. The molecule has 4 N–H and O–H groups in total. The SMILES string of the molecule is O=C(NCC#Cc1ccc(COCc2cn([C@H]3CC(O)[C@@H](CO)O3)c(=O)[nH]c2=O)c([N+](=O)[O-])c1)C(F)(F)F. The van der Waals surface area contributed by atoms with E-state index in [0.29, 0.717) is 0 Å². The fourth-order valence-electron chi connectivity index (χ4n) is 3.47. The molecule has 2 heterocycles. The van der Waals surface area contributed by atoms with Crippen molar-refractivity contribution in [1.82, 2.24) is 14.9 Å². The van der Waals surface area contributed by atoms with E-state index in [1.54, 1.807) is 5.32 Å². The van der Waals surface area contributed by atoms with E-state index < -0.39 is 65.5 Å². The van der Waals surface area contributed by atoms with Gasteiger partial charge in [-0.05, 0) is 12.1 Å². The maximum Gasteiger partial charge on any atom is 0.471 e. The van der Waals surface area contributed by atoms with E-state index in [9.17, 15) is 47.9 Å². The van der Waals surface area contributed by atoms with Crippen molar-refractivity contribution >= 4 is 11.6 Å². The number of carbonyl (C=O) groups is 1. The molecule has 0 radical (unpaired) electrons. The highest BCUT2D eigenvalue weighted by Gasteiger charge is 2.38. The van der Waals surface area contributed by atoms with Crippen LogP contribution in [-0.2, 0) is 27.5 Å². The molecule has 1 unspecified atom stereocenters. The number of H-pyrrole nitrogens is 1. The summed E-state index contributed by atoms with van der Waals surface area (Å²) < 4.78 is 48.4. The lowest BCUT2D eigenvalue weighted by atomic mass is 10.1. The van der Waals surface area contributed by atoms with E-state index in [-0.39, 0.29) is 36.3 Å². The molecule has 1 aromatic carbocycles. The molecular formula is C22H21F3N4O9. The van der Waals surface area contributed by atoms with Crippen molar-refractivity contribution in [2.45, 2.75) is 44.2 Å². The van der Waals surface area contributed by atoms with Crippen LogP contribution in [0.15, 0.2) is 34.0 Å². The third-order valence-electron chi connectivity index (χ3n) is 5.36. The van der Waals surface area contributed by atoms with Crippen LogP contribution in [0.4, 0.5) is 18.9 Å². The molecule has 0 saturated carbocycles. The number of nitrogens with one attached hydrogen (secondary N) is 2. The number of hydrogen-bond acceptors (Lipinski definition) is 9. The largest absolute Gasteiger partial charge is 0.471 e. The van der Waals surface area contributed by atoms with Gasteiger partial charge in [0.1, 0.15) is 12.3 Å². The van der Waals surface area contributed by atoms with E-state index in [1.165, 1.54) is 18.3 Å². The Morgan fingerprint density at radius 2 is 2.03 bits per heavy atom. The minimum Gasteiger partial charge on any atom is -0.394 e. The van der Waals surface area contributed by atoms with Gasteiger partial charge in [-0.25, -0.2) is 4.79 Å². The van der Waals surface area contributed by atoms with Crippen LogP contribution in [0.3, 0.4) is 0 Å². The summed E-state index contributed by atoms with van der Waals surface area (Å²) in [5, 5.41) is 32.1. The van der Waals surface area contributed by atoms with Gasteiger partial charge in [-0.1, -0.05) is 11.8 Å². The molecule has 0 aliphatic carbocycles. The Kier molecular flexibility index (Phi) is 9.01. The molecule has 0 spiro atoms. The van der Waals surface area contributed by atoms with Gasteiger partial charge in [-0.3, -0.25) is 29.3 Å². The first-order chi connectivity index (χ1) is 17.9. The van der Waals surface area contributed by atoms with Crippen LogP contribution in [0.25, 0.3) is 0 Å². The summed E-state index contributed by atoms with van der Waals surface area (Å²) >= 11 is 0. The van der Waals surface area contributed by atoms with Gasteiger partial charge >= 0.3 is 17.8 Å². The average molecular weight is 542 g/mol. The number of amides is 1. The number of hydrogen-bond donors (Lipinski definition) is 4. The smallest absolute Gasteiger partial charge is 0.394 e. The summed E-state index contributed by atoms with van der Waals surface area (Å²) in [5.74, 6) is 2.51. The number of rotatable bonds is 8. The maximum atomic E-state index is 12.2. The Labute approximate surface area is 211 Å². The molecule has 3 rings (SSSR count). The Hall–Kier alpha value is -4.04. The van der Waals surface area contributed by atoms with E-state index in [0.717, 1.165) is 10.6 Å². The fourth-order valence-corrected chi connectivity index (χ4v) is 3.47. The van der Waals surface area contributed by atoms with Crippen LogP contribution in [0.1, 0.15) is 29.3 Å². The van der Waals surface area contributed by atoms with E-state index in [4.69, 9.17) is 9.47 Å². The second-order valence-corrected chi connectivity index (χ2v) is 8.01. The van der Waals surface area contributed by atoms with Crippen molar-refractivity contribution in [3.8, 4) is 11.8 Å². The summed E-state index contributed by atoms with van der Waals surface area (Å²) in [7, 11) is 0. The zero-order valence-electron chi connectivity index (χ0n) is 19.4. The first kappa shape index (κ1) is 28.5. The minimum atomic E-state index is -5.06. The summed E-state index contributed by atoms with van der Waals surface area (Å²) in [6.45, 7) is -1.77. The first-order valence-corrected chi connectivity index (χ1v) is 10.9. The van der Waals surface area contributed by atoms with Crippen molar-refractivity contribution in [1.29, 1.82) is 0 Å². The molecule has 1 saturated heterocycles. The second-order valence-electron chi connectivity index (χ2n) is 8.01. The Balaban J connectivity index is 1.67. The van der Waals surface area contributed by atoms with Crippen LogP contribution in [0.5, 0.6) is 0 Å². The number of alkyl halides is 3. The summed E-state index contributed by atoms with van der Waals surface area (Å²) in [6.07, 6.45) is -6.75. The Bertz CT molecular complexity index is 1380. The molecule has 1 aliphatic rings. The van der Waals surface area contributed by atoms with Crippen LogP contribution in [0.2, 0.25) is 0 Å². The number of nitro groups is 1. The van der Waals surface area contributed by atoms with Gasteiger partial charge < -0.3 is 25.0 Å². The van der Waals surface area contributed by atoms with Gasteiger partial charge in [0.05, 0.1) is 48.5 Å². The molecule has 16 heteroatoms. The molecule has 1 fully saturated rings. The lowest BCUT2D eigenvalue weighted by Crippen LogP contribution is -2.36. The molecule has 1 amide bonds. The highest BCUT2D eigenvalue weighted by Crippen LogP contribution is 2.27. The van der Waals surface area contributed by atoms with Gasteiger partial charge in [0.15, 0.2) is 0 Å². The summed E-state index contributed by atoms with van der Waals surface area (Å²) in [4.78, 5) is 48.0. The number of aromatic nitrogens is 2. The summed E-state index contributed by atoms with van der Waals surface area (Å²) in [5.41, 5.74) is -1.78. The zero-order valence-corrected chi connectivity index (χ0v) is 19.4. The van der Waals surface area contributed by atoms with E-state index >= 15 is 0 Å². The number of nitrogens with zero attached hydrogens (tertiary/aromatic N) is 2. The van der Waals surface area contributed by atoms with E-state index in [1.807, 2.05) is 0 Å². The molecule has 13 nitrogen and oxygen atoms in total.